The van der Waals surface area contributed by atoms with E-state index >= 15 is 0 Å². The molecule has 5 heterocycles. The van der Waals surface area contributed by atoms with E-state index < -0.39 is 23.9 Å². The first-order valence-corrected chi connectivity index (χ1v) is 19.8. The van der Waals surface area contributed by atoms with Crippen molar-refractivity contribution in [3.63, 3.8) is 0 Å². The standard InChI is InChI=1S/C40H44N12O8/c53-37-29-11-9-13-31(19-29)39(55)59-27-35-23-51(47-43-35)17-7-3-4-8-18-52-24-36(44-48-52)28-60-40(56)32-14-10-12-30(20-32)38(54)58-26-34-22-50(46-42-34)16-6-2-1-5-15-49-21-33(25-57-37)41-45-49/h9-14,19-24H,1-8,15-18,25-28H2. The third-order valence-electron chi connectivity index (χ3n) is 9.47. The van der Waals surface area contributed by atoms with E-state index in [0.717, 1.165) is 51.4 Å². The lowest BCUT2D eigenvalue weighted by Gasteiger charge is -2.06. The maximum atomic E-state index is 12.8. The van der Waals surface area contributed by atoms with Gasteiger partial charge in [-0.2, -0.15) is 0 Å². The maximum absolute atomic E-state index is 12.8. The number of hydrogen-bond donors (Lipinski definition) is 0. The molecule has 1 aliphatic rings. The van der Waals surface area contributed by atoms with Crippen LogP contribution in [0, 0.1) is 0 Å². The Morgan fingerprint density at radius 3 is 0.867 bits per heavy atom. The van der Waals surface area contributed by atoms with Crippen molar-refractivity contribution < 1.29 is 38.1 Å². The summed E-state index contributed by atoms with van der Waals surface area (Å²) in [7, 11) is 0. The molecule has 0 spiro atoms. The second kappa shape index (κ2) is 20.5. The molecule has 0 N–H and O–H groups in total. The molecular formula is C40H44N12O8. The number of fused-ring (bicyclic) bond motifs is 12. The van der Waals surface area contributed by atoms with Crippen molar-refractivity contribution in [1.82, 2.24) is 60.0 Å². The van der Waals surface area contributed by atoms with Gasteiger partial charge in [-0.25, -0.2) is 19.2 Å². The summed E-state index contributed by atoms with van der Waals surface area (Å²) in [4.78, 5) is 51.3. The number of hydrogen-bond acceptors (Lipinski definition) is 16. The van der Waals surface area contributed by atoms with Gasteiger partial charge in [0.15, 0.2) is 0 Å². The van der Waals surface area contributed by atoms with Gasteiger partial charge in [0.2, 0.25) is 0 Å². The number of aromatic nitrogens is 12. The number of ether oxygens (including phenoxy) is 4. The minimum absolute atomic E-state index is 0.0738. The summed E-state index contributed by atoms with van der Waals surface area (Å²) < 4.78 is 28.6. The lowest BCUT2D eigenvalue weighted by molar-refractivity contribution is 0.0448. The van der Waals surface area contributed by atoms with E-state index in [0.29, 0.717) is 49.0 Å². The molecule has 0 saturated carbocycles. The van der Waals surface area contributed by atoms with Crippen LogP contribution in [0.5, 0.6) is 0 Å². The number of carbonyl (C=O) groups is 4. The number of cyclic esters (lactones) is 4. The normalized spacial score (nSPS) is 16.3. The van der Waals surface area contributed by atoms with Crippen LogP contribution in [0.3, 0.4) is 0 Å². The summed E-state index contributed by atoms with van der Waals surface area (Å²) in [5.74, 6) is -2.43. The van der Waals surface area contributed by atoms with Gasteiger partial charge >= 0.3 is 23.9 Å². The Morgan fingerprint density at radius 2 is 0.617 bits per heavy atom. The molecule has 12 bridgehead atoms. The topological polar surface area (TPSA) is 228 Å². The Labute approximate surface area is 343 Å². The molecule has 0 fully saturated rings. The van der Waals surface area contributed by atoms with E-state index in [-0.39, 0.29) is 48.7 Å². The third-order valence-corrected chi connectivity index (χ3v) is 9.47. The molecule has 7 rings (SSSR count). The smallest absolute Gasteiger partial charge is 0.338 e. The van der Waals surface area contributed by atoms with Gasteiger partial charge in [0.25, 0.3) is 0 Å². The van der Waals surface area contributed by atoms with E-state index in [1.54, 1.807) is 79.9 Å². The van der Waals surface area contributed by atoms with Crippen molar-refractivity contribution in [1.29, 1.82) is 0 Å². The summed E-state index contributed by atoms with van der Waals surface area (Å²) in [6, 6.07) is 12.3. The highest BCUT2D eigenvalue weighted by molar-refractivity contribution is 5.96. The van der Waals surface area contributed by atoms with Crippen LogP contribution in [0.25, 0.3) is 0 Å². The van der Waals surface area contributed by atoms with Gasteiger partial charge in [-0.3, -0.25) is 18.7 Å². The van der Waals surface area contributed by atoms with Gasteiger partial charge in [-0.1, -0.05) is 58.7 Å². The first-order chi connectivity index (χ1) is 29.3. The highest BCUT2D eigenvalue weighted by atomic mass is 16.5. The average Bonchev–Trinajstić information content (AvgIpc) is 4.11. The lowest BCUT2D eigenvalue weighted by Crippen LogP contribution is -2.09. The lowest BCUT2D eigenvalue weighted by atomic mass is 10.1. The number of carbonyl (C=O) groups excluding carboxylic acids is 4. The Kier molecular flexibility index (Phi) is 14.0. The third kappa shape index (κ3) is 12.0. The second-order valence-corrected chi connectivity index (χ2v) is 14.2. The predicted molar refractivity (Wildman–Crippen MR) is 206 cm³/mol. The van der Waals surface area contributed by atoms with E-state index in [1.165, 1.54) is 12.1 Å². The molecule has 6 aromatic rings. The van der Waals surface area contributed by atoms with Crippen LogP contribution in [0.15, 0.2) is 73.3 Å². The fourth-order valence-corrected chi connectivity index (χ4v) is 6.30. The molecule has 312 valence electrons. The van der Waals surface area contributed by atoms with Gasteiger partial charge < -0.3 is 18.9 Å². The van der Waals surface area contributed by atoms with Gasteiger partial charge in [-0.05, 0) is 62.1 Å². The molecule has 4 aromatic heterocycles. The fraction of sp³-hybridized carbons (Fsp3) is 0.400. The molecule has 0 radical (unpaired) electrons. The number of benzene rings is 2. The van der Waals surface area contributed by atoms with Crippen molar-refractivity contribution in [3.05, 3.63) is 118 Å². The van der Waals surface area contributed by atoms with E-state index in [1.807, 2.05) is 0 Å². The molecule has 0 amide bonds. The minimum Gasteiger partial charge on any atom is -0.455 e. The number of esters is 4. The van der Waals surface area contributed by atoms with E-state index in [2.05, 4.69) is 41.2 Å². The summed E-state index contributed by atoms with van der Waals surface area (Å²) in [6.45, 7) is 2.29. The van der Waals surface area contributed by atoms with Crippen molar-refractivity contribution >= 4 is 23.9 Å². The first kappa shape index (κ1) is 41.1. The zero-order chi connectivity index (χ0) is 41.5. The highest BCUT2D eigenvalue weighted by Crippen LogP contribution is 2.14. The maximum Gasteiger partial charge on any atom is 0.338 e. The Hall–Kier alpha value is -7.12. The average molecular weight is 821 g/mol. The van der Waals surface area contributed by atoms with Crippen LogP contribution in [-0.4, -0.2) is 83.9 Å². The molecule has 0 unspecified atom stereocenters. The summed E-state index contributed by atoms with van der Waals surface area (Å²) in [5, 5.41) is 33.0. The minimum atomic E-state index is -0.606. The zero-order valence-electron chi connectivity index (χ0n) is 32.9. The number of aryl methyl sites for hydroxylation is 4. The fourth-order valence-electron chi connectivity index (χ4n) is 6.30. The molecule has 2 aromatic carbocycles. The van der Waals surface area contributed by atoms with Gasteiger partial charge in [0.1, 0.15) is 49.2 Å². The number of rotatable bonds is 0. The molecular weight excluding hydrogens is 777 g/mol. The van der Waals surface area contributed by atoms with Crippen LogP contribution in [0.1, 0.15) is 116 Å². The molecule has 0 aliphatic carbocycles. The Bertz CT molecular complexity index is 2060. The van der Waals surface area contributed by atoms with Crippen molar-refractivity contribution in [2.24, 2.45) is 0 Å². The Balaban J connectivity index is 0.931. The molecule has 0 saturated heterocycles. The summed E-state index contributed by atoms with van der Waals surface area (Å²) in [5.41, 5.74) is 2.81. The van der Waals surface area contributed by atoms with Crippen LogP contribution in [0.2, 0.25) is 0 Å². The van der Waals surface area contributed by atoms with Crippen LogP contribution in [-0.2, 0) is 71.6 Å². The molecule has 20 heteroatoms. The van der Waals surface area contributed by atoms with Gasteiger partial charge in [0, 0.05) is 26.2 Å². The summed E-state index contributed by atoms with van der Waals surface area (Å²) in [6.07, 6.45) is 14.2. The van der Waals surface area contributed by atoms with Crippen molar-refractivity contribution in [2.75, 3.05) is 0 Å². The van der Waals surface area contributed by atoms with Crippen LogP contribution >= 0.6 is 0 Å². The molecule has 1 aliphatic heterocycles. The largest absolute Gasteiger partial charge is 0.455 e. The summed E-state index contributed by atoms with van der Waals surface area (Å²) >= 11 is 0. The van der Waals surface area contributed by atoms with E-state index in [4.69, 9.17) is 18.9 Å². The quantitative estimate of drug-likeness (QED) is 0.154. The molecule has 60 heavy (non-hydrogen) atoms. The predicted octanol–water partition coefficient (Wildman–Crippen LogP) is 4.32. The SMILES string of the molecule is O=C1OCc2cn(nn2)CCCCCCn2cc(nn2)COC(=O)c2cccc(c2)C(=O)OCc2cn(nn2)CCCCCCn2cc(nn2)COC(=O)c2cccc1c2. The Morgan fingerprint density at radius 1 is 0.367 bits per heavy atom. The van der Waals surface area contributed by atoms with Gasteiger partial charge in [0.05, 0.1) is 47.0 Å². The first-order valence-electron chi connectivity index (χ1n) is 19.8. The van der Waals surface area contributed by atoms with Crippen LogP contribution in [0.4, 0.5) is 0 Å². The van der Waals surface area contributed by atoms with E-state index in [9.17, 15) is 19.2 Å². The van der Waals surface area contributed by atoms with Crippen molar-refractivity contribution in [2.45, 2.75) is 104 Å². The highest BCUT2D eigenvalue weighted by Gasteiger charge is 2.17. The molecule has 20 nitrogen and oxygen atoms in total. The zero-order valence-corrected chi connectivity index (χ0v) is 32.9. The number of nitrogens with zero attached hydrogens (tertiary/aromatic N) is 12. The van der Waals surface area contributed by atoms with Crippen LogP contribution < -0.4 is 0 Å². The molecule has 0 atom stereocenters. The monoisotopic (exact) mass is 820 g/mol. The second-order valence-electron chi connectivity index (χ2n) is 14.2. The van der Waals surface area contributed by atoms with Crippen molar-refractivity contribution in [3.8, 4) is 0 Å². The van der Waals surface area contributed by atoms with Gasteiger partial charge in [-0.15, -0.1) is 20.4 Å².